The predicted molar refractivity (Wildman–Crippen MR) is 124 cm³/mol. The average Bonchev–Trinajstić information content (AvgIpc) is 3.22. The first-order chi connectivity index (χ1) is 15.7. The van der Waals surface area contributed by atoms with Crippen molar-refractivity contribution >= 4 is 39.0 Å². The van der Waals surface area contributed by atoms with Crippen LogP contribution in [-0.4, -0.2) is 49.6 Å². The molecule has 2 unspecified atom stereocenters. The molecule has 2 atom stereocenters. The molecular weight excluding hydrogens is 464 g/mol. The van der Waals surface area contributed by atoms with Gasteiger partial charge in [0.15, 0.2) is 0 Å². The zero-order chi connectivity index (χ0) is 24.0. The lowest BCUT2D eigenvalue weighted by atomic mass is 10.0. The maximum Gasteiger partial charge on any atom is 0.289 e. The fourth-order valence-electron chi connectivity index (χ4n) is 3.48. The highest BCUT2D eigenvalue weighted by Gasteiger charge is 2.32. The van der Waals surface area contributed by atoms with Gasteiger partial charge in [-0.05, 0) is 37.3 Å². The van der Waals surface area contributed by atoms with Crippen molar-refractivity contribution in [3.8, 4) is 0 Å². The van der Waals surface area contributed by atoms with E-state index in [4.69, 9.17) is 0 Å². The van der Waals surface area contributed by atoms with Gasteiger partial charge in [-0.3, -0.25) is 14.4 Å². The van der Waals surface area contributed by atoms with E-state index >= 15 is 0 Å². The minimum absolute atomic E-state index is 0.000732. The predicted octanol–water partition coefficient (Wildman–Crippen LogP) is 1.20. The molecule has 178 valence electrons. The second-order valence-electron chi connectivity index (χ2n) is 8.32. The van der Waals surface area contributed by atoms with E-state index in [0.717, 1.165) is 10.7 Å². The molecule has 1 aromatic heterocycles. The topological polar surface area (TPSA) is 134 Å². The third-order valence-electron chi connectivity index (χ3n) is 5.14. The normalized spacial score (nSPS) is 18.3. The van der Waals surface area contributed by atoms with Gasteiger partial charge in [-0.15, -0.1) is 11.3 Å². The quantitative estimate of drug-likeness (QED) is 0.497. The lowest BCUT2D eigenvalue weighted by Gasteiger charge is -2.23. The maximum absolute atomic E-state index is 13.1. The van der Waals surface area contributed by atoms with E-state index in [2.05, 4.69) is 20.3 Å². The highest BCUT2D eigenvalue weighted by atomic mass is 32.2. The molecule has 3 rings (SSSR count). The molecular formula is C22H28N4O5S2. The Labute approximate surface area is 197 Å². The van der Waals surface area contributed by atoms with E-state index in [9.17, 15) is 22.8 Å². The van der Waals surface area contributed by atoms with Crippen LogP contribution in [0, 0.1) is 5.92 Å². The summed E-state index contributed by atoms with van der Waals surface area (Å²) in [6.45, 7) is 4.00. The monoisotopic (exact) mass is 492 g/mol. The van der Waals surface area contributed by atoms with E-state index < -0.39 is 39.7 Å². The van der Waals surface area contributed by atoms with Crippen LogP contribution in [0.4, 0.5) is 0 Å². The van der Waals surface area contributed by atoms with Crippen molar-refractivity contribution in [2.75, 3.05) is 6.54 Å². The van der Waals surface area contributed by atoms with Crippen LogP contribution < -0.4 is 15.4 Å². The summed E-state index contributed by atoms with van der Waals surface area (Å²) in [4.78, 5) is 42.7. The molecule has 1 aromatic carbocycles. The summed E-state index contributed by atoms with van der Waals surface area (Å²) in [6.07, 6.45) is 1.34. The van der Waals surface area contributed by atoms with Gasteiger partial charge < -0.3 is 10.6 Å². The summed E-state index contributed by atoms with van der Waals surface area (Å²) in [5, 5.41) is 7.95. The van der Waals surface area contributed by atoms with Gasteiger partial charge in [-0.2, -0.15) is 4.72 Å². The van der Waals surface area contributed by atoms with Crippen LogP contribution in [0.25, 0.3) is 0 Å². The Balaban J connectivity index is 1.78. The van der Waals surface area contributed by atoms with Crippen LogP contribution >= 0.6 is 11.3 Å². The van der Waals surface area contributed by atoms with Gasteiger partial charge in [0.25, 0.3) is 5.91 Å². The molecule has 0 saturated carbocycles. The van der Waals surface area contributed by atoms with Crippen molar-refractivity contribution in [2.45, 2.75) is 56.5 Å². The summed E-state index contributed by atoms with van der Waals surface area (Å²) in [7, 11) is -3.96. The number of carbonyl (C=O) groups is 3. The SMILES string of the molecule is CC(C)CC(NS(=O)(=O)c1ccccc1)C(=O)NC1CCc2csc(n2)CCNC(=O)C1=O. The van der Waals surface area contributed by atoms with Gasteiger partial charge in [0.05, 0.1) is 21.6 Å². The number of fused-ring (bicyclic) bond motifs is 2. The molecule has 1 aliphatic rings. The van der Waals surface area contributed by atoms with Gasteiger partial charge in [0, 0.05) is 18.3 Å². The highest BCUT2D eigenvalue weighted by Crippen LogP contribution is 2.15. The van der Waals surface area contributed by atoms with Crippen molar-refractivity contribution in [1.82, 2.24) is 20.3 Å². The summed E-state index contributed by atoms with van der Waals surface area (Å²) < 4.78 is 28.1. The lowest BCUT2D eigenvalue weighted by Crippen LogP contribution is -2.54. The summed E-state index contributed by atoms with van der Waals surface area (Å²) in [5.74, 6) is -2.18. The Kier molecular flexibility index (Phi) is 8.33. The first-order valence-electron chi connectivity index (χ1n) is 10.8. The van der Waals surface area contributed by atoms with Crippen molar-refractivity contribution in [2.24, 2.45) is 5.92 Å². The number of aryl methyl sites for hydroxylation is 1. The molecule has 0 fully saturated rings. The number of nitrogens with zero attached hydrogens (tertiary/aromatic N) is 1. The summed E-state index contributed by atoms with van der Waals surface area (Å²) >= 11 is 1.49. The number of thiazole rings is 1. The van der Waals surface area contributed by atoms with Crippen molar-refractivity contribution < 1.29 is 22.8 Å². The number of carbonyl (C=O) groups excluding carboxylic acids is 3. The molecule has 2 amide bonds. The number of rotatable bonds is 7. The molecule has 0 spiro atoms. The van der Waals surface area contributed by atoms with Gasteiger partial charge in [-0.25, -0.2) is 13.4 Å². The number of amides is 2. The zero-order valence-corrected chi connectivity index (χ0v) is 20.2. The van der Waals surface area contributed by atoms with E-state index in [1.54, 1.807) is 18.2 Å². The molecule has 2 bridgehead atoms. The van der Waals surface area contributed by atoms with Crippen LogP contribution in [0.2, 0.25) is 0 Å². The molecule has 3 N–H and O–H groups in total. The van der Waals surface area contributed by atoms with Gasteiger partial charge in [0.2, 0.25) is 21.7 Å². The van der Waals surface area contributed by atoms with Crippen LogP contribution in [0.5, 0.6) is 0 Å². The van der Waals surface area contributed by atoms with Crippen LogP contribution in [0.15, 0.2) is 40.6 Å². The first kappa shape index (κ1) is 25.0. The number of ketones is 1. The third kappa shape index (κ3) is 6.92. The number of Topliss-reactive ketones (excluding diaryl/α,β-unsaturated/α-hetero) is 1. The number of hydrogen-bond donors (Lipinski definition) is 3. The van der Waals surface area contributed by atoms with Crippen molar-refractivity contribution in [3.05, 3.63) is 46.4 Å². The molecule has 33 heavy (non-hydrogen) atoms. The molecule has 9 nitrogen and oxygen atoms in total. The van der Waals surface area contributed by atoms with Gasteiger partial charge in [0.1, 0.15) is 6.04 Å². The smallest absolute Gasteiger partial charge is 0.289 e. The maximum atomic E-state index is 13.1. The minimum atomic E-state index is -3.96. The molecule has 0 saturated heterocycles. The van der Waals surface area contributed by atoms with E-state index in [1.165, 1.54) is 23.5 Å². The van der Waals surface area contributed by atoms with E-state index in [0.29, 0.717) is 12.8 Å². The van der Waals surface area contributed by atoms with Gasteiger partial charge >= 0.3 is 0 Å². The van der Waals surface area contributed by atoms with Crippen LogP contribution in [0.3, 0.4) is 0 Å². The average molecular weight is 493 g/mol. The Morgan fingerprint density at radius 1 is 1.21 bits per heavy atom. The summed E-state index contributed by atoms with van der Waals surface area (Å²) in [5.41, 5.74) is 0.792. The zero-order valence-electron chi connectivity index (χ0n) is 18.5. The Bertz CT molecular complexity index is 1100. The Morgan fingerprint density at radius 2 is 1.94 bits per heavy atom. The number of sulfonamides is 1. The first-order valence-corrected chi connectivity index (χ1v) is 13.1. The number of aromatic nitrogens is 1. The fraction of sp³-hybridized carbons (Fsp3) is 0.455. The Hall–Kier alpha value is -2.63. The van der Waals surface area contributed by atoms with Crippen molar-refractivity contribution in [3.63, 3.8) is 0 Å². The van der Waals surface area contributed by atoms with Crippen LogP contribution in [-0.2, 0) is 37.2 Å². The fourth-order valence-corrected chi connectivity index (χ4v) is 5.54. The van der Waals surface area contributed by atoms with E-state index in [-0.39, 0.29) is 30.2 Å². The lowest BCUT2D eigenvalue weighted by molar-refractivity contribution is -0.140. The molecule has 0 radical (unpaired) electrons. The van der Waals surface area contributed by atoms with E-state index in [1.807, 2.05) is 19.2 Å². The molecule has 0 aliphatic carbocycles. The Morgan fingerprint density at radius 3 is 2.64 bits per heavy atom. The number of nitrogens with one attached hydrogen (secondary N) is 3. The third-order valence-corrected chi connectivity index (χ3v) is 7.59. The molecule has 11 heteroatoms. The molecule has 2 aromatic rings. The van der Waals surface area contributed by atoms with Crippen LogP contribution in [0.1, 0.15) is 37.4 Å². The minimum Gasteiger partial charge on any atom is -0.349 e. The largest absolute Gasteiger partial charge is 0.349 e. The standard InChI is InChI=1S/C22H28N4O5S2/c1-14(2)12-18(26-33(30,31)16-6-4-3-5-7-16)21(28)25-17-9-8-15-13-32-19(24-15)10-11-23-22(29)20(17)27/h3-7,13-14,17-18,26H,8-12H2,1-2H3,(H,23,29)(H,25,28). The van der Waals surface area contributed by atoms with Gasteiger partial charge in [-0.1, -0.05) is 32.0 Å². The highest BCUT2D eigenvalue weighted by molar-refractivity contribution is 7.89. The summed E-state index contributed by atoms with van der Waals surface area (Å²) in [6, 6.07) is 5.57. The second-order valence-corrected chi connectivity index (χ2v) is 11.0. The molecule has 2 heterocycles. The number of benzene rings is 1. The second kappa shape index (κ2) is 11.0. The van der Waals surface area contributed by atoms with Crippen molar-refractivity contribution in [1.29, 1.82) is 0 Å². The number of hydrogen-bond acceptors (Lipinski definition) is 7. The molecule has 1 aliphatic heterocycles.